The number of aliphatic hydroxyl groups is 1. The van der Waals surface area contributed by atoms with Gasteiger partial charge in [0.15, 0.2) is 12.2 Å². The van der Waals surface area contributed by atoms with Crippen molar-refractivity contribution >= 4 is 39.5 Å². The number of phosphoric ester groups is 2. The van der Waals surface area contributed by atoms with Crippen molar-refractivity contribution in [2.75, 3.05) is 39.6 Å². The number of rotatable bonds is 67. The first-order valence-electron chi connectivity index (χ1n) is 36.3. The predicted octanol–water partition coefficient (Wildman–Crippen LogP) is 19.7. The SMILES string of the molecule is CCC(C)CCCCCCCCCCCCCCCCC(=O)O[C@H](COC(=O)CCCCCCCCCCCC(C)C)COP(=O)(O)OC[C@@H](O)COP(=O)(O)OC[C@@H](COC(=O)CCCCCCCCC(C)CC)OC(=O)CCCCCCCCC(C)C. The Morgan fingerprint density at radius 3 is 0.798 bits per heavy atom. The van der Waals surface area contributed by atoms with E-state index in [0.29, 0.717) is 31.6 Å². The molecule has 0 saturated heterocycles. The summed E-state index contributed by atoms with van der Waals surface area (Å²) in [5.41, 5.74) is 0. The van der Waals surface area contributed by atoms with E-state index in [2.05, 4.69) is 55.4 Å². The molecule has 0 amide bonds. The van der Waals surface area contributed by atoms with E-state index >= 15 is 0 Å². The lowest BCUT2D eigenvalue weighted by atomic mass is 9.99. The zero-order valence-electron chi connectivity index (χ0n) is 58.1. The van der Waals surface area contributed by atoms with Crippen LogP contribution in [0.3, 0.4) is 0 Å². The molecule has 0 saturated carbocycles. The Kier molecular flexibility index (Phi) is 58.5. The minimum atomic E-state index is -4.95. The van der Waals surface area contributed by atoms with Crippen LogP contribution in [0.25, 0.3) is 0 Å². The Morgan fingerprint density at radius 2 is 0.539 bits per heavy atom. The number of esters is 4. The van der Waals surface area contributed by atoms with Crippen LogP contribution in [-0.2, 0) is 65.4 Å². The number of hydrogen-bond donors (Lipinski definition) is 3. The molecule has 0 aliphatic heterocycles. The highest BCUT2D eigenvalue weighted by Crippen LogP contribution is 2.45. The highest BCUT2D eigenvalue weighted by molar-refractivity contribution is 7.47. The van der Waals surface area contributed by atoms with Gasteiger partial charge in [0.1, 0.15) is 19.3 Å². The maximum absolute atomic E-state index is 13.0. The van der Waals surface area contributed by atoms with Crippen LogP contribution >= 0.6 is 15.6 Å². The molecule has 0 rings (SSSR count). The van der Waals surface area contributed by atoms with Gasteiger partial charge >= 0.3 is 39.5 Å². The second-order valence-corrected chi connectivity index (χ2v) is 29.6. The highest BCUT2D eigenvalue weighted by atomic mass is 31.2. The summed E-state index contributed by atoms with van der Waals surface area (Å²) in [5.74, 6) is 0.855. The van der Waals surface area contributed by atoms with Crippen molar-refractivity contribution in [2.24, 2.45) is 23.7 Å². The molecule has 19 heteroatoms. The molecule has 0 aromatic rings. The monoisotopic (exact) mass is 1310 g/mol. The first kappa shape index (κ1) is 87.1. The molecule has 0 bridgehead atoms. The molecule has 0 radical (unpaired) electrons. The first-order chi connectivity index (χ1) is 42.7. The minimum Gasteiger partial charge on any atom is -0.462 e. The fraction of sp³-hybridized carbons (Fsp3) is 0.943. The first-order valence-corrected chi connectivity index (χ1v) is 39.3. The molecule has 0 aromatic carbocycles. The van der Waals surface area contributed by atoms with Crippen molar-refractivity contribution in [1.29, 1.82) is 0 Å². The minimum absolute atomic E-state index is 0.101. The van der Waals surface area contributed by atoms with Crippen molar-refractivity contribution in [3.05, 3.63) is 0 Å². The summed E-state index contributed by atoms with van der Waals surface area (Å²) in [6, 6.07) is 0. The van der Waals surface area contributed by atoms with Crippen LogP contribution in [-0.4, -0.2) is 96.7 Å². The summed E-state index contributed by atoms with van der Waals surface area (Å²) in [6.45, 7) is 14.0. The lowest BCUT2D eigenvalue weighted by molar-refractivity contribution is -0.161. The molecular weight excluding hydrogens is 1170 g/mol. The number of hydrogen-bond acceptors (Lipinski definition) is 15. The molecule has 7 atom stereocenters. The maximum Gasteiger partial charge on any atom is 0.472 e. The second kappa shape index (κ2) is 59.8. The van der Waals surface area contributed by atoms with E-state index < -0.39 is 97.5 Å². The number of phosphoric acid groups is 2. The number of ether oxygens (including phenoxy) is 4. The van der Waals surface area contributed by atoms with Crippen LogP contribution in [0.15, 0.2) is 0 Å². The fourth-order valence-electron chi connectivity index (χ4n) is 10.4. The van der Waals surface area contributed by atoms with Crippen molar-refractivity contribution in [2.45, 2.75) is 363 Å². The summed E-state index contributed by atoms with van der Waals surface area (Å²) < 4.78 is 68.2. The summed E-state index contributed by atoms with van der Waals surface area (Å²) >= 11 is 0. The summed E-state index contributed by atoms with van der Waals surface area (Å²) in [5, 5.41) is 10.6. The molecule has 0 spiro atoms. The smallest absolute Gasteiger partial charge is 0.462 e. The number of unbranched alkanes of at least 4 members (excludes halogenated alkanes) is 31. The maximum atomic E-state index is 13.0. The topological polar surface area (TPSA) is 237 Å². The Morgan fingerprint density at radius 1 is 0.315 bits per heavy atom. The predicted molar refractivity (Wildman–Crippen MR) is 358 cm³/mol. The summed E-state index contributed by atoms with van der Waals surface area (Å²) in [7, 11) is -9.90. The van der Waals surface area contributed by atoms with E-state index in [1.807, 2.05) is 0 Å². The molecular formula is C70H136O17P2. The van der Waals surface area contributed by atoms with Crippen molar-refractivity contribution in [3.63, 3.8) is 0 Å². The number of carbonyl (C=O) groups is 4. The molecule has 17 nitrogen and oxygen atoms in total. The molecule has 528 valence electrons. The van der Waals surface area contributed by atoms with Gasteiger partial charge in [-0.1, -0.05) is 293 Å². The van der Waals surface area contributed by atoms with E-state index in [1.165, 1.54) is 141 Å². The Hall–Kier alpha value is -1.94. The molecule has 89 heavy (non-hydrogen) atoms. The van der Waals surface area contributed by atoms with Gasteiger partial charge < -0.3 is 33.8 Å². The van der Waals surface area contributed by atoms with Gasteiger partial charge in [-0.3, -0.25) is 37.3 Å². The molecule has 0 aliphatic carbocycles. The van der Waals surface area contributed by atoms with E-state index in [0.717, 1.165) is 114 Å². The molecule has 0 fully saturated rings. The van der Waals surface area contributed by atoms with Crippen molar-refractivity contribution < 1.29 is 80.2 Å². The van der Waals surface area contributed by atoms with Gasteiger partial charge in [-0.15, -0.1) is 0 Å². The van der Waals surface area contributed by atoms with Crippen molar-refractivity contribution in [3.8, 4) is 0 Å². The average Bonchev–Trinajstić information content (AvgIpc) is 3.71. The zero-order chi connectivity index (χ0) is 66.1. The van der Waals surface area contributed by atoms with Crippen LogP contribution in [0.2, 0.25) is 0 Å². The van der Waals surface area contributed by atoms with E-state index in [4.69, 9.17) is 37.0 Å². The van der Waals surface area contributed by atoms with E-state index in [1.54, 1.807) is 0 Å². The van der Waals surface area contributed by atoms with E-state index in [9.17, 15) is 43.2 Å². The third kappa shape index (κ3) is 62.0. The molecule has 3 N–H and O–H groups in total. The number of carbonyl (C=O) groups excluding carboxylic acids is 4. The molecule has 4 unspecified atom stereocenters. The van der Waals surface area contributed by atoms with Crippen LogP contribution in [0.5, 0.6) is 0 Å². The van der Waals surface area contributed by atoms with Gasteiger partial charge in [0.05, 0.1) is 26.4 Å². The highest BCUT2D eigenvalue weighted by Gasteiger charge is 2.30. The van der Waals surface area contributed by atoms with Crippen LogP contribution in [0.1, 0.15) is 344 Å². The summed E-state index contributed by atoms with van der Waals surface area (Å²) in [6.07, 6.45) is 41.9. The molecule has 0 aromatic heterocycles. The Balaban J connectivity index is 5.22. The van der Waals surface area contributed by atoms with Gasteiger partial charge in [-0.25, -0.2) is 9.13 Å². The second-order valence-electron chi connectivity index (χ2n) is 26.7. The molecule has 0 aliphatic rings. The zero-order valence-corrected chi connectivity index (χ0v) is 59.8. The van der Waals surface area contributed by atoms with Crippen molar-refractivity contribution in [1.82, 2.24) is 0 Å². The normalized spacial score (nSPS) is 14.9. The van der Waals surface area contributed by atoms with E-state index in [-0.39, 0.29) is 25.7 Å². The molecule has 0 heterocycles. The van der Waals surface area contributed by atoms with Gasteiger partial charge in [0, 0.05) is 25.7 Å². The third-order valence-corrected chi connectivity index (χ3v) is 18.7. The lowest BCUT2D eigenvalue weighted by Gasteiger charge is -2.21. The Labute approximate surface area is 543 Å². The van der Waals surface area contributed by atoms with Gasteiger partial charge in [0.2, 0.25) is 0 Å². The standard InChI is InChI=1S/C70H136O17P2/c1-9-62(7)48-40-32-23-19-15-13-11-12-14-16-20-25-36-44-52-69(74)86-65(56-80-67(72)50-42-34-24-21-17-18-22-30-38-46-60(3)4)58-84-88(76,77)82-54-64(71)55-83-89(78,79)85-59-66(87-70(75)53-45-37-28-26-31-39-47-61(5)6)57-81-68(73)51-43-35-29-27-33-41-49-63(8)10-2/h60-66,71H,9-59H2,1-8H3,(H,76,77)(H,78,79)/t62?,63?,64-,65-,66-/m1/s1. The van der Waals surface area contributed by atoms with Gasteiger partial charge in [0.25, 0.3) is 0 Å². The third-order valence-electron chi connectivity index (χ3n) is 16.8. The summed E-state index contributed by atoms with van der Waals surface area (Å²) in [4.78, 5) is 72.5. The van der Waals surface area contributed by atoms with Gasteiger partial charge in [-0.2, -0.15) is 0 Å². The number of aliphatic hydroxyl groups excluding tert-OH is 1. The van der Waals surface area contributed by atoms with Crippen LogP contribution in [0, 0.1) is 23.7 Å². The quantitative estimate of drug-likeness (QED) is 0.0222. The average molecular weight is 1310 g/mol. The largest absolute Gasteiger partial charge is 0.472 e. The van der Waals surface area contributed by atoms with Crippen LogP contribution < -0.4 is 0 Å². The van der Waals surface area contributed by atoms with Gasteiger partial charge in [-0.05, 0) is 49.4 Å². The Bertz CT molecular complexity index is 1770. The fourth-order valence-corrected chi connectivity index (χ4v) is 12.0. The van der Waals surface area contributed by atoms with Crippen LogP contribution in [0.4, 0.5) is 0 Å². The lowest BCUT2D eigenvalue weighted by Crippen LogP contribution is -2.30.